The second-order valence-corrected chi connectivity index (χ2v) is 5.89. The van der Waals surface area contributed by atoms with Gasteiger partial charge in [-0.3, -0.25) is 0 Å². The third kappa shape index (κ3) is 6.90. The summed E-state index contributed by atoms with van der Waals surface area (Å²) in [7, 11) is 0. The highest BCUT2D eigenvalue weighted by Gasteiger charge is 2.02. The lowest BCUT2D eigenvalue weighted by atomic mass is 10.1. The molecular weight excluding hydrogens is 302 g/mol. The predicted molar refractivity (Wildman–Crippen MR) is 85.2 cm³/mol. The molecule has 0 saturated carbocycles. The van der Waals surface area contributed by atoms with Crippen molar-refractivity contribution < 1.29 is 4.74 Å². The number of rotatable bonds is 8. The van der Waals surface area contributed by atoms with Gasteiger partial charge in [-0.2, -0.15) is 0 Å². The van der Waals surface area contributed by atoms with Crippen molar-refractivity contribution in [3.8, 4) is 0 Å². The van der Waals surface area contributed by atoms with E-state index in [1.165, 1.54) is 11.1 Å². The summed E-state index contributed by atoms with van der Waals surface area (Å²) in [5.41, 5.74) is 2.49. The normalized spacial score (nSPS) is 11.6. The number of benzene rings is 1. The minimum Gasteiger partial charge on any atom is -0.373 e. The van der Waals surface area contributed by atoms with Gasteiger partial charge < -0.3 is 10.1 Å². The number of allylic oxidation sites excluding steroid dienone is 1. The highest BCUT2D eigenvalue weighted by Crippen LogP contribution is 2.19. The van der Waals surface area contributed by atoms with Crippen LogP contribution in [-0.2, 0) is 17.9 Å². The predicted octanol–water partition coefficient (Wildman–Crippen LogP) is 4.29. The Kier molecular flexibility index (Phi) is 8.03. The van der Waals surface area contributed by atoms with E-state index >= 15 is 0 Å². The van der Waals surface area contributed by atoms with Crippen LogP contribution in [0.5, 0.6) is 0 Å². The van der Waals surface area contributed by atoms with Gasteiger partial charge in [0.15, 0.2) is 0 Å². The van der Waals surface area contributed by atoms with Crippen molar-refractivity contribution in [2.75, 3.05) is 13.2 Å². The van der Waals surface area contributed by atoms with Gasteiger partial charge in [-0.1, -0.05) is 54.1 Å². The first-order valence-corrected chi connectivity index (χ1v) is 7.59. The van der Waals surface area contributed by atoms with Crippen molar-refractivity contribution in [3.05, 3.63) is 46.0 Å². The first-order valence-electron chi connectivity index (χ1n) is 6.80. The molecule has 0 amide bonds. The Morgan fingerprint density at radius 3 is 2.79 bits per heavy atom. The molecule has 106 valence electrons. The van der Waals surface area contributed by atoms with Crippen LogP contribution < -0.4 is 5.32 Å². The van der Waals surface area contributed by atoms with E-state index in [-0.39, 0.29) is 0 Å². The minimum atomic E-state index is 0.643. The Morgan fingerprint density at radius 1 is 1.37 bits per heavy atom. The number of halogens is 1. The van der Waals surface area contributed by atoms with Gasteiger partial charge in [-0.05, 0) is 36.6 Å². The zero-order valence-electron chi connectivity index (χ0n) is 12.1. The number of hydrogen-bond donors (Lipinski definition) is 1. The molecule has 0 fully saturated rings. The van der Waals surface area contributed by atoms with E-state index in [2.05, 4.69) is 53.3 Å². The number of nitrogens with one attached hydrogen (secondary N) is 1. The van der Waals surface area contributed by atoms with Gasteiger partial charge in [0, 0.05) is 11.0 Å². The molecule has 19 heavy (non-hydrogen) atoms. The number of hydrogen-bond acceptors (Lipinski definition) is 2. The average Bonchev–Trinajstić information content (AvgIpc) is 2.36. The fourth-order valence-electron chi connectivity index (χ4n) is 1.66. The van der Waals surface area contributed by atoms with E-state index < -0.39 is 0 Å². The third-order valence-corrected chi connectivity index (χ3v) is 3.44. The van der Waals surface area contributed by atoms with Gasteiger partial charge >= 0.3 is 0 Å². The van der Waals surface area contributed by atoms with E-state index in [1.54, 1.807) is 0 Å². The smallest absolute Gasteiger partial charge is 0.0732 e. The van der Waals surface area contributed by atoms with Crippen LogP contribution in [0.25, 0.3) is 0 Å². The van der Waals surface area contributed by atoms with Gasteiger partial charge in [-0.25, -0.2) is 0 Å². The quantitative estimate of drug-likeness (QED) is 0.568. The van der Waals surface area contributed by atoms with Crippen LogP contribution in [0.1, 0.15) is 31.9 Å². The monoisotopic (exact) mass is 325 g/mol. The summed E-state index contributed by atoms with van der Waals surface area (Å²) in [6.45, 7) is 9.70. The zero-order chi connectivity index (χ0) is 14.1. The summed E-state index contributed by atoms with van der Waals surface area (Å²) in [5, 5.41) is 3.45. The summed E-state index contributed by atoms with van der Waals surface area (Å²) in [6, 6.07) is 6.46. The highest BCUT2D eigenvalue weighted by molar-refractivity contribution is 9.10. The molecule has 0 saturated heterocycles. The summed E-state index contributed by atoms with van der Waals surface area (Å²) in [4.78, 5) is 0. The fraction of sp³-hybridized carbons (Fsp3) is 0.500. The van der Waals surface area contributed by atoms with Crippen LogP contribution in [-0.4, -0.2) is 13.2 Å². The maximum absolute atomic E-state index is 5.56. The molecule has 0 bridgehead atoms. The summed E-state index contributed by atoms with van der Waals surface area (Å²) >= 11 is 3.61. The van der Waals surface area contributed by atoms with E-state index in [0.717, 1.165) is 17.6 Å². The minimum absolute atomic E-state index is 0.643. The first kappa shape index (κ1) is 16.4. The maximum atomic E-state index is 5.56. The molecule has 0 atom stereocenters. The highest BCUT2D eigenvalue weighted by atomic mass is 79.9. The summed E-state index contributed by atoms with van der Waals surface area (Å²) in [5.74, 6) is 0.683. The molecule has 0 unspecified atom stereocenters. The SMILES string of the molecule is C/C=C/COCc1ccc(CNCC(C)C)cc1Br. The van der Waals surface area contributed by atoms with E-state index in [4.69, 9.17) is 4.74 Å². The third-order valence-electron chi connectivity index (χ3n) is 2.71. The lowest BCUT2D eigenvalue weighted by molar-refractivity contribution is 0.148. The molecule has 0 aliphatic carbocycles. The Bertz CT molecular complexity index is 402. The van der Waals surface area contributed by atoms with Crippen LogP contribution in [0.3, 0.4) is 0 Å². The van der Waals surface area contributed by atoms with Crippen molar-refractivity contribution in [3.63, 3.8) is 0 Å². The summed E-state index contributed by atoms with van der Waals surface area (Å²) < 4.78 is 6.68. The Morgan fingerprint density at radius 2 is 2.16 bits per heavy atom. The fourth-order valence-corrected chi connectivity index (χ4v) is 2.20. The van der Waals surface area contributed by atoms with Crippen molar-refractivity contribution >= 4 is 15.9 Å². The topological polar surface area (TPSA) is 21.3 Å². The molecule has 0 radical (unpaired) electrons. The molecule has 0 aromatic heterocycles. The molecule has 1 N–H and O–H groups in total. The molecule has 0 aliphatic rings. The second kappa shape index (κ2) is 9.29. The van der Waals surface area contributed by atoms with E-state index in [9.17, 15) is 0 Å². The molecule has 1 rings (SSSR count). The largest absolute Gasteiger partial charge is 0.373 e. The van der Waals surface area contributed by atoms with Crippen LogP contribution in [0, 0.1) is 5.92 Å². The van der Waals surface area contributed by atoms with Crippen molar-refractivity contribution in [2.24, 2.45) is 5.92 Å². The molecule has 1 aromatic carbocycles. The van der Waals surface area contributed by atoms with Gasteiger partial charge in [0.1, 0.15) is 0 Å². The molecule has 1 aromatic rings. The van der Waals surface area contributed by atoms with Crippen LogP contribution >= 0.6 is 15.9 Å². The van der Waals surface area contributed by atoms with Gasteiger partial charge in [-0.15, -0.1) is 0 Å². The first-order chi connectivity index (χ1) is 9.13. The van der Waals surface area contributed by atoms with Crippen LogP contribution in [0.15, 0.2) is 34.8 Å². The Hall–Kier alpha value is -0.640. The average molecular weight is 326 g/mol. The van der Waals surface area contributed by atoms with Crippen molar-refractivity contribution in [1.82, 2.24) is 5.32 Å². The van der Waals surface area contributed by atoms with Gasteiger partial charge in [0.2, 0.25) is 0 Å². The lowest BCUT2D eigenvalue weighted by Crippen LogP contribution is -2.18. The Balaban J connectivity index is 2.44. The zero-order valence-corrected chi connectivity index (χ0v) is 13.7. The van der Waals surface area contributed by atoms with Crippen molar-refractivity contribution in [2.45, 2.75) is 33.9 Å². The second-order valence-electron chi connectivity index (χ2n) is 5.03. The lowest BCUT2D eigenvalue weighted by Gasteiger charge is -2.10. The van der Waals surface area contributed by atoms with Gasteiger partial charge in [0.05, 0.1) is 13.2 Å². The molecule has 0 aliphatic heterocycles. The summed E-state index contributed by atoms with van der Waals surface area (Å²) in [6.07, 6.45) is 4.01. The van der Waals surface area contributed by atoms with E-state index in [1.807, 2.05) is 19.1 Å². The number of ether oxygens (including phenoxy) is 1. The molecule has 0 heterocycles. The van der Waals surface area contributed by atoms with Gasteiger partial charge in [0.25, 0.3) is 0 Å². The van der Waals surface area contributed by atoms with Crippen LogP contribution in [0.2, 0.25) is 0 Å². The molecule has 0 spiro atoms. The molecule has 2 nitrogen and oxygen atoms in total. The van der Waals surface area contributed by atoms with Crippen molar-refractivity contribution in [1.29, 1.82) is 0 Å². The van der Waals surface area contributed by atoms with Crippen LogP contribution in [0.4, 0.5) is 0 Å². The molecule has 3 heteroatoms. The van der Waals surface area contributed by atoms with E-state index in [0.29, 0.717) is 19.1 Å². The maximum Gasteiger partial charge on any atom is 0.0732 e. The Labute approximate surface area is 125 Å². The molecular formula is C16H24BrNO. The standard InChI is InChI=1S/C16H24BrNO/c1-4-5-8-19-12-15-7-6-14(9-16(15)17)11-18-10-13(2)3/h4-7,9,13,18H,8,10-12H2,1-3H3/b5-4+.